The van der Waals surface area contributed by atoms with Gasteiger partial charge < -0.3 is 23.7 Å². The Morgan fingerprint density at radius 3 is 2.19 bits per heavy atom. The van der Waals surface area contributed by atoms with Crippen molar-refractivity contribution in [2.75, 3.05) is 49.4 Å². The van der Waals surface area contributed by atoms with E-state index in [1.54, 1.807) is 29.7 Å². The van der Waals surface area contributed by atoms with Gasteiger partial charge in [-0.05, 0) is 41.6 Å². The first kappa shape index (κ1) is 38.4. The molecule has 260 valence electrons. The largest absolute Gasteiger partial charge is 0.461 e. The normalized spacial score (nSPS) is 11.2. The van der Waals surface area contributed by atoms with Crippen molar-refractivity contribution < 1.29 is 38.9 Å². The summed E-state index contributed by atoms with van der Waals surface area (Å²) in [6.07, 6.45) is 6.65. The molecule has 0 amide bonds. The monoisotopic (exact) mass is 722 g/mol. The number of aryl methyl sites for hydroxylation is 1. The molecule has 0 bridgehead atoms. The van der Waals surface area contributed by atoms with Crippen molar-refractivity contribution in [2.24, 2.45) is 0 Å². The summed E-state index contributed by atoms with van der Waals surface area (Å²) in [7, 11) is 0. The second kappa shape index (κ2) is 21.7. The van der Waals surface area contributed by atoms with Crippen molar-refractivity contribution in [3.63, 3.8) is 0 Å². The van der Waals surface area contributed by atoms with Crippen LogP contribution in [-0.4, -0.2) is 81.1 Å². The van der Waals surface area contributed by atoms with Gasteiger partial charge in [0.25, 0.3) is 10.2 Å². The van der Waals surface area contributed by atoms with E-state index in [0.29, 0.717) is 47.1 Å². The lowest BCUT2D eigenvalue weighted by Crippen LogP contribution is -2.14. The second-order valence-electron chi connectivity index (χ2n) is 10.0. The molecule has 0 radical (unpaired) electrons. The summed E-state index contributed by atoms with van der Waals surface area (Å²) in [6, 6.07) is 11.0. The number of benzene rings is 1. The number of rotatable bonds is 24. The number of imidazole rings is 1. The molecule has 0 N–H and O–H groups in total. The van der Waals surface area contributed by atoms with E-state index < -0.39 is 22.1 Å². The molecule has 0 saturated heterocycles. The first-order chi connectivity index (χ1) is 23.3. The lowest BCUT2D eigenvalue weighted by molar-refractivity contribution is -0.756. The molecule has 0 unspecified atom stereocenters. The molecule has 0 aliphatic rings. The summed E-state index contributed by atoms with van der Waals surface area (Å²) in [5.74, 6) is 1.76. The van der Waals surface area contributed by atoms with Gasteiger partial charge in [0.2, 0.25) is 0 Å². The summed E-state index contributed by atoms with van der Waals surface area (Å²) in [4.78, 5) is 60.5. The summed E-state index contributed by atoms with van der Waals surface area (Å²) in [5.41, 5.74) is 2.56. The van der Waals surface area contributed by atoms with Crippen LogP contribution in [0.2, 0.25) is 0 Å². The molecule has 14 nitrogen and oxygen atoms in total. The molecule has 0 fully saturated rings. The first-order valence-electron chi connectivity index (χ1n) is 15.2. The highest BCUT2D eigenvalue weighted by molar-refractivity contribution is 7.99. The molecule has 0 atom stereocenters. The van der Waals surface area contributed by atoms with Gasteiger partial charge in [0.1, 0.15) is 32.3 Å². The number of esters is 2. The Morgan fingerprint density at radius 2 is 1.58 bits per heavy atom. The van der Waals surface area contributed by atoms with E-state index in [1.165, 1.54) is 23.5 Å². The molecule has 0 aliphatic heterocycles. The zero-order valence-electron chi connectivity index (χ0n) is 26.5. The van der Waals surface area contributed by atoms with Crippen molar-refractivity contribution >= 4 is 52.9 Å². The predicted octanol–water partition coefficient (Wildman–Crippen LogP) is 5.54. The summed E-state index contributed by atoms with van der Waals surface area (Å²) in [6.45, 7) is 2.85. The van der Waals surface area contributed by atoms with Crippen molar-refractivity contribution in [1.29, 1.82) is 0 Å². The third-order valence-corrected chi connectivity index (χ3v) is 9.25. The molecular weight excluding hydrogens is 685 g/mol. The van der Waals surface area contributed by atoms with Crippen LogP contribution < -0.4 is 0 Å². The van der Waals surface area contributed by atoms with Gasteiger partial charge in [0, 0.05) is 52.8 Å². The number of unbranched alkanes of at least 4 members (excludes halogenated alkanes) is 1. The second-order valence-corrected chi connectivity index (χ2v) is 13.5. The Labute approximate surface area is 290 Å². The minimum absolute atomic E-state index is 0.0196. The van der Waals surface area contributed by atoms with Gasteiger partial charge in [0.15, 0.2) is 0 Å². The van der Waals surface area contributed by atoms with Crippen LogP contribution in [0.25, 0.3) is 6.08 Å². The molecular formula is C31H38N4O10S3. The number of hydrogen-bond acceptors (Lipinski definition) is 14. The van der Waals surface area contributed by atoms with E-state index >= 15 is 0 Å². The third-order valence-electron chi connectivity index (χ3n) is 6.55. The molecule has 0 aliphatic carbocycles. The molecule has 0 spiro atoms. The average Bonchev–Trinajstić information content (AvgIpc) is 3.72. The van der Waals surface area contributed by atoms with Gasteiger partial charge in [0.05, 0.1) is 17.5 Å². The minimum atomic E-state index is -0.838. The minimum Gasteiger partial charge on any atom is -0.461 e. The smallest absolute Gasteiger partial charge is 0.338 e. The molecule has 0 saturated carbocycles. The number of thiophene rings is 1. The van der Waals surface area contributed by atoms with Crippen LogP contribution in [0.15, 0.2) is 53.5 Å². The third kappa shape index (κ3) is 14.4. The van der Waals surface area contributed by atoms with E-state index in [1.807, 2.05) is 35.7 Å². The number of thioether (sulfide) groups is 2. The number of aromatic nitrogens is 2. The van der Waals surface area contributed by atoms with Crippen LogP contribution in [-0.2, 0) is 43.3 Å². The standard InChI is InChI=1S/C31H38N4O10S3/c1-2-3-6-29-32-22-27(20-26(21-28-5-4-15-48-28)31(37)43-12-17-47-19-14-45-35(40)41)33(29)23-24-7-9-25(10-8-24)30(36)42-11-16-46-18-13-44-34(38)39/h4-5,7-10,15,20,22H,2-3,6,11-14,16-19,21,23H2,1H3. The lowest BCUT2D eigenvalue weighted by atomic mass is 10.1. The Balaban J connectivity index is 1.68. The van der Waals surface area contributed by atoms with Crippen LogP contribution in [0.1, 0.15) is 52.1 Å². The zero-order chi connectivity index (χ0) is 34.6. The van der Waals surface area contributed by atoms with Crippen molar-refractivity contribution in [3.8, 4) is 0 Å². The Morgan fingerprint density at radius 1 is 0.938 bits per heavy atom. The Bertz CT molecular complexity index is 1480. The topological polar surface area (TPSA) is 175 Å². The van der Waals surface area contributed by atoms with E-state index in [-0.39, 0.29) is 26.4 Å². The fraction of sp³-hybridized carbons (Fsp3) is 0.452. The molecule has 17 heteroatoms. The first-order valence-corrected chi connectivity index (χ1v) is 18.4. The SMILES string of the molecule is CCCCc1ncc(C=C(Cc2cccs2)C(=O)OCCSCCO[N+](=O)[O-])n1Cc1ccc(C(=O)OCCSCCO[N+](=O)[O-])cc1. The van der Waals surface area contributed by atoms with Crippen LogP contribution >= 0.6 is 34.9 Å². The highest BCUT2D eigenvalue weighted by atomic mass is 32.2. The summed E-state index contributed by atoms with van der Waals surface area (Å²) in [5, 5.41) is 20.7. The quantitative estimate of drug-likeness (QED) is 0.0371. The summed E-state index contributed by atoms with van der Waals surface area (Å²) >= 11 is 4.33. The highest BCUT2D eigenvalue weighted by Crippen LogP contribution is 2.21. The maximum atomic E-state index is 13.3. The fourth-order valence-corrected chi connectivity index (χ4v) is 6.18. The van der Waals surface area contributed by atoms with Crippen molar-refractivity contribution in [2.45, 2.75) is 39.2 Å². The maximum absolute atomic E-state index is 13.3. The number of nitrogens with zero attached hydrogens (tertiary/aromatic N) is 4. The van der Waals surface area contributed by atoms with E-state index in [2.05, 4.69) is 26.1 Å². The van der Waals surface area contributed by atoms with Gasteiger partial charge >= 0.3 is 11.9 Å². The predicted molar refractivity (Wildman–Crippen MR) is 184 cm³/mol. The van der Waals surface area contributed by atoms with Crippen LogP contribution in [0, 0.1) is 20.2 Å². The molecule has 3 aromatic rings. The van der Waals surface area contributed by atoms with Gasteiger partial charge in [-0.2, -0.15) is 23.5 Å². The molecule has 2 heterocycles. The highest BCUT2D eigenvalue weighted by Gasteiger charge is 2.17. The number of hydrogen-bond donors (Lipinski definition) is 0. The molecule has 1 aromatic carbocycles. The maximum Gasteiger partial charge on any atom is 0.338 e. The average molecular weight is 723 g/mol. The Hall–Kier alpha value is -4.09. The lowest BCUT2D eigenvalue weighted by Gasteiger charge is -2.13. The van der Waals surface area contributed by atoms with Gasteiger partial charge in [-0.15, -0.1) is 31.6 Å². The van der Waals surface area contributed by atoms with E-state index in [0.717, 1.165) is 41.2 Å². The van der Waals surface area contributed by atoms with Crippen molar-refractivity contribution in [1.82, 2.24) is 9.55 Å². The summed E-state index contributed by atoms with van der Waals surface area (Å²) < 4.78 is 13.0. The molecule has 3 rings (SSSR count). The van der Waals surface area contributed by atoms with Crippen LogP contribution in [0.5, 0.6) is 0 Å². The number of carbonyl (C=O) groups is 2. The van der Waals surface area contributed by atoms with E-state index in [4.69, 9.17) is 9.47 Å². The van der Waals surface area contributed by atoms with E-state index in [9.17, 15) is 29.8 Å². The number of ether oxygens (including phenoxy) is 2. The zero-order valence-corrected chi connectivity index (χ0v) is 28.9. The number of carbonyl (C=O) groups excluding carboxylic acids is 2. The Kier molecular flexibility index (Phi) is 17.4. The van der Waals surface area contributed by atoms with Crippen LogP contribution in [0.3, 0.4) is 0 Å². The molecule has 2 aromatic heterocycles. The fourth-order valence-electron chi connectivity index (χ4n) is 4.26. The molecule has 48 heavy (non-hydrogen) atoms. The van der Waals surface area contributed by atoms with Gasteiger partial charge in [-0.25, -0.2) is 14.6 Å². The van der Waals surface area contributed by atoms with Crippen molar-refractivity contribution in [3.05, 3.63) is 101 Å². The van der Waals surface area contributed by atoms with Crippen LogP contribution in [0.4, 0.5) is 0 Å². The van der Waals surface area contributed by atoms with Gasteiger partial charge in [-0.3, -0.25) is 0 Å². The van der Waals surface area contributed by atoms with Gasteiger partial charge in [-0.1, -0.05) is 31.5 Å².